The largest absolute Gasteiger partial charge is 0.463 e. The minimum Gasteiger partial charge on any atom is -0.463 e. The molecule has 0 saturated carbocycles. The van der Waals surface area contributed by atoms with Gasteiger partial charge in [-0.2, -0.15) is 0 Å². The highest BCUT2D eigenvalue weighted by molar-refractivity contribution is 6.31. The van der Waals surface area contributed by atoms with Crippen molar-refractivity contribution in [3.8, 4) is 0 Å². The highest BCUT2D eigenvalue weighted by Gasteiger charge is 2.43. The Labute approximate surface area is 194 Å². The molecule has 0 fully saturated rings. The zero-order valence-corrected chi connectivity index (χ0v) is 19.8. The lowest BCUT2D eigenvalue weighted by Gasteiger charge is -2.36. The molecule has 0 spiro atoms. The van der Waals surface area contributed by atoms with Crippen LogP contribution in [0.1, 0.15) is 55.5 Å². The minimum absolute atomic E-state index is 0.142. The molecule has 1 aliphatic heterocycles. The molecule has 2 N–H and O–H groups in total. The fraction of sp³-hybridized carbons (Fsp3) is 0.480. The summed E-state index contributed by atoms with van der Waals surface area (Å²) in [5.41, 5.74) is 12.0. The fourth-order valence-corrected chi connectivity index (χ4v) is 5.10. The molecule has 0 amide bonds. The van der Waals surface area contributed by atoms with Crippen LogP contribution in [-0.2, 0) is 27.1 Å². The van der Waals surface area contributed by atoms with Gasteiger partial charge in [-0.1, -0.05) is 43.6 Å². The van der Waals surface area contributed by atoms with Gasteiger partial charge in [0.05, 0.1) is 6.61 Å². The van der Waals surface area contributed by atoms with Crippen LogP contribution in [0.25, 0.3) is 0 Å². The van der Waals surface area contributed by atoms with Crippen LogP contribution in [-0.4, -0.2) is 37.0 Å². The van der Waals surface area contributed by atoms with Crippen molar-refractivity contribution in [1.82, 2.24) is 4.98 Å². The summed E-state index contributed by atoms with van der Waals surface area (Å²) in [6, 6.07) is 7.56. The lowest BCUT2D eigenvalue weighted by molar-refractivity contribution is -0.147. The van der Waals surface area contributed by atoms with Crippen molar-refractivity contribution in [3.63, 3.8) is 0 Å². The lowest BCUT2D eigenvalue weighted by Crippen LogP contribution is -2.35. The van der Waals surface area contributed by atoms with Gasteiger partial charge in [-0.3, -0.25) is 4.79 Å². The van der Waals surface area contributed by atoms with Crippen molar-refractivity contribution in [1.29, 1.82) is 0 Å². The normalized spacial score (nSPS) is 21.3. The monoisotopic (exact) mass is 455 g/mol. The molecule has 170 valence electrons. The molecule has 6 nitrogen and oxygen atoms in total. The number of aromatic nitrogens is 1. The number of esters is 1. The predicted molar refractivity (Wildman–Crippen MR) is 127 cm³/mol. The van der Waals surface area contributed by atoms with E-state index in [2.05, 4.69) is 13.8 Å². The second-order valence-corrected chi connectivity index (χ2v) is 9.83. The van der Waals surface area contributed by atoms with E-state index in [0.29, 0.717) is 28.8 Å². The second-order valence-electron chi connectivity index (χ2n) is 9.42. The van der Waals surface area contributed by atoms with Gasteiger partial charge in [-0.05, 0) is 48.8 Å². The topological polar surface area (TPSA) is 86.8 Å². The molecule has 0 radical (unpaired) electrons. The maximum Gasteiger partial charge on any atom is 0.315 e. The van der Waals surface area contributed by atoms with Crippen molar-refractivity contribution < 1.29 is 14.3 Å². The number of benzene rings is 1. The highest BCUT2D eigenvalue weighted by Crippen LogP contribution is 2.49. The summed E-state index contributed by atoms with van der Waals surface area (Å²) in [6.07, 6.45) is 2.76. The number of nitrogens with two attached hydrogens (primary N) is 1. The Morgan fingerprint density at radius 1 is 1.28 bits per heavy atom. The van der Waals surface area contributed by atoms with E-state index in [1.807, 2.05) is 31.2 Å². The molecular weight excluding hydrogens is 426 g/mol. The molecule has 1 aliphatic carbocycles. The van der Waals surface area contributed by atoms with E-state index < -0.39 is 11.8 Å². The summed E-state index contributed by atoms with van der Waals surface area (Å²) in [7, 11) is 1.57. The molecule has 2 aromatic rings. The van der Waals surface area contributed by atoms with Crippen LogP contribution in [0.3, 0.4) is 0 Å². The van der Waals surface area contributed by atoms with E-state index in [1.165, 1.54) is 0 Å². The maximum atomic E-state index is 13.2. The van der Waals surface area contributed by atoms with Gasteiger partial charge in [-0.15, -0.1) is 0 Å². The number of carbonyl (C=O) groups is 1. The minimum atomic E-state index is -0.641. The van der Waals surface area contributed by atoms with Gasteiger partial charge < -0.3 is 15.2 Å². The summed E-state index contributed by atoms with van der Waals surface area (Å²) >= 11 is 6.64. The van der Waals surface area contributed by atoms with Gasteiger partial charge in [0.25, 0.3) is 0 Å². The van der Waals surface area contributed by atoms with Crippen LogP contribution < -0.4 is 5.73 Å². The molecule has 1 aromatic carbocycles. The average molecular weight is 456 g/mol. The number of aliphatic imine (C=N–C) groups is 1. The standard InChI is InChI=1S/C25H30ClN3O3/c1-14-19(24(30)32-12-11-31-4)20(15-7-5-6-8-17(15)26)21-22(27)16-13-25(2,3)10-9-18(16)29-23(21)28-14/h5-8,19-20H,9-13H2,1-4H3,(H2,27,29). The molecule has 4 rings (SSSR count). The van der Waals surface area contributed by atoms with Crippen LogP contribution in [0.4, 0.5) is 11.5 Å². The van der Waals surface area contributed by atoms with E-state index in [-0.39, 0.29) is 18.0 Å². The number of anilines is 1. The Balaban J connectivity index is 1.89. The van der Waals surface area contributed by atoms with E-state index in [4.69, 9.17) is 36.8 Å². The zero-order chi connectivity index (χ0) is 23.0. The fourth-order valence-electron chi connectivity index (χ4n) is 4.84. The molecule has 0 bridgehead atoms. The van der Waals surface area contributed by atoms with Crippen LogP contribution >= 0.6 is 11.6 Å². The first-order chi connectivity index (χ1) is 15.2. The van der Waals surface area contributed by atoms with Crippen LogP contribution in [0.2, 0.25) is 5.02 Å². The predicted octanol–water partition coefficient (Wildman–Crippen LogP) is 4.88. The number of pyridine rings is 1. The summed E-state index contributed by atoms with van der Waals surface area (Å²) < 4.78 is 10.6. The number of carbonyl (C=O) groups excluding carboxylic acids is 1. The molecule has 7 heteroatoms. The number of methoxy groups -OCH3 is 1. The summed E-state index contributed by atoms with van der Waals surface area (Å²) in [6.45, 7) is 6.84. The summed E-state index contributed by atoms with van der Waals surface area (Å²) in [5.74, 6) is -0.840. The number of aryl methyl sites for hydroxylation is 1. The Bertz CT molecular complexity index is 1080. The number of nitrogen functional groups attached to an aromatic ring is 1. The third kappa shape index (κ3) is 4.14. The maximum absolute atomic E-state index is 13.2. The highest BCUT2D eigenvalue weighted by atomic mass is 35.5. The van der Waals surface area contributed by atoms with E-state index >= 15 is 0 Å². The first-order valence-electron chi connectivity index (χ1n) is 11.0. The molecule has 32 heavy (non-hydrogen) atoms. The third-order valence-corrected chi connectivity index (χ3v) is 6.89. The van der Waals surface area contributed by atoms with Crippen LogP contribution in [0, 0.1) is 11.3 Å². The van der Waals surface area contributed by atoms with Gasteiger partial charge in [-0.25, -0.2) is 9.98 Å². The number of ether oxygens (including phenoxy) is 2. The van der Waals surface area contributed by atoms with Crippen LogP contribution in [0.5, 0.6) is 0 Å². The van der Waals surface area contributed by atoms with E-state index in [1.54, 1.807) is 7.11 Å². The number of rotatable bonds is 5. The molecule has 0 saturated heterocycles. The number of fused-ring (bicyclic) bond motifs is 2. The summed E-state index contributed by atoms with van der Waals surface area (Å²) in [5, 5.41) is 0.574. The first-order valence-corrected chi connectivity index (χ1v) is 11.4. The van der Waals surface area contributed by atoms with Crippen molar-refractivity contribution in [3.05, 3.63) is 51.7 Å². The molecule has 2 aliphatic rings. The van der Waals surface area contributed by atoms with Crippen LogP contribution in [0.15, 0.2) is 29.3 Å². The Kier molecular flexibility index (Phi) is 6.28. The summed E-state index contributed by atoms with van der Waals surface area (Å²) in [4.78, 5) is 22.9. The average Bonchev–Trinajstić information content (AvgIpc) is 2.74. The Morgan fingerprint density at radius 3 is 2.75 bits per heavy atom. The van der Waals surface area contributed by atoms with Gasteiger partial charge in [0.2, 0.25) is 0 Å². The SMILES string of the molecule is COCCOC(=O)C1C(C)=Nc2nc3c(c(N)c2C1c1ccccc1Cl)CC(C)(C)CC3. The Morgan fingerprint density at radius 2 is 2.03 bits per heavy atom. The van der Waals surface area contributed by atoms with Crippen molar-refractivity contribution >= 4 is 34.8 Å². The molecule has 1 aromatic heterocycles. The number of halogens is 1. The van der Waals surface area contributed by atoms with Gasteiger partial charge >= 0.3 is 5.97 Å². The smallest absolute Gasteiger partial charge is 0.315 e. The molecule has 2 atom stereocenters. The molecular formula is C25H30ClN3O3. The van der Waals surface area contributed by atoms with Crippen molar-refractivity contribution in [2.75, 3.05) is 26.1 Å². The van der Waals surface area contributed by atoms with Gasteiger partial charge in [0.15, 0.2) is 5.82 Å². The number of hydrogen-bond acceptors (Lipinski definition) is 6. The number of hydrogen-bond donors (Lipinski definition) is 1. The Hall–Kier alpha value is -2.44. The number of nitrogens with zero attached hydrogens (tertiary/aromatic N) is 2. The van der Waals surface area contributed by atoms with Gasteiger partial charge in [0.1, 0.15) is 12.5 Å². The van der Waals surface area contributed by atoms with E-state index in [0.717, 1.165) is 41.6 Å². The lowest BCUT2D eigenvalue weighted by atomic mass is 9.72. The second kappa shape index (κ2) is 8.83. The first kappa shape index (κ1) is 22.7. The third-order valence-electron chi connectivity index (χ3n) is 6.54. The van der Waals surface area contributed by atoms with E-state index in [9.17, 15) is 4.79 Å². The van der Waals surface area contributed by atoms with Crippen molar-refractivity contribution in [2.45, 2.75) is 46.0 Å². The zero-order valence-electron chi connectivity index (χ0n) is 19.1. The van der Waals surface area contributed by atoms with Crippen molar-refractivity contribution in [2.24, 2.45) is 16.3 Å². The quantitative estimate of drug-likeness (QED) is 0.513. The molecule has 2 heterocycles. The molecule has 2 unspecified atom stereocenters. The van der Waals surface area contributed by atoms with Gasteiger partial charge in [0, 0.05) is 40.7 Å².